The molecule has 1 saturated carbocycles. The fourth-order valence-electron chi connectivity index (χ4n) is 6.07. The van der Waals surface area contributed by atoms with Crippen molar-refractivity contribution in [2.24, 2.45) is 11.3 Å². The van der Waals surface area contributed by atoms with Crippen LogP contribution in [-0.2, 0) is 19.6 Å². The SMILES string of the molecule is CCC1CC2(C1)CN(Cc1ccc3c(c1)CN(C(=O)c1cc(C(C)C)c(O)cc1O)C3)C2. The van der Waals surface area contributed by atoms with Crippen molar-refractivity contribution in [2.45, 2.75) is 65.6 Å². The summed E-state index contributed by atoms with van der Waals surface area (Å²) in [6.45, 7) is 10.8. The summed E-state index contributed by atoms with van der Waals surface area (Å²) in [5.41, 5.74) is 5.23. The van der Waals surface area contributed by atoms with Crippen LogP contribution in [0.5, 0.6) is 11.5 Å². The fourth-order valence-corrected chi connectivity index (χ4v) is 6.07. The van der Waals surface area contributed by atoms with Crippen LogP contribution in [0.25, 0.3) is 0 Å². The van der Waals surface area contributed by atoms with Crippen molar-refractivity contribution >= 4 is 5.91 Å². The maximum Gasteiger partial charge on any atom is 0.258 e. The maximum absolute atomic E-state index is 13.2. The van der Waals surface area contributed by atoms with Gasteiger partial charge in [0.1, 0.15) is 11.5 Å². The van der Waals surface area contributed by atoms with Gasteiger partial charge >= 0.3 is 0 Å². The van der Waals surface area contributed by atoms with E-state index in [0.717, 1.165) is 12.5 Å². The number of carbonyl (C=O) groups excluding carboxylic acids is 1. The second-order valence-electron chi connectivity index (χ2n) is 10.7. The van der Waals surface area contributed by atoms with Gasteiger partial charge in [0.2, 0.25) is 0 Å². The van der Waals surface area contributed by atoms with Crippen LogP contribution in [0.15, 0.2) is 30.3 Å². The van der Waals surface area contributed by atoms with Crippen LogP contribution in [0.1, 0.15) is 78.6 Å². The van der Waals surface area contributed by atoms with Gasteiger partial charge in [0.25, 0.3) is 5.91 Å². The number of phenols is 2. The molecule has 5 rings (SSSR count). The van der Waals surface area contributed by atoms with Crippen LogP contribution in [0, 0.1) is 11.3 Å². The monoisotopic (exact) mass is 434 g/mol. The second kappa shape index (κ2) is 7.80. The van der Waals surface area contributed by atoms with Crippen LogP contribution in [-0.4, -0.2) is 39.0 Å². The zero-order valence-corrected chi connectivity index (χ0v) is 19.4. The number of benzene rings is 2. The van der Waals surface area contributed by atoms with Gasteiger partial charge in [-0.25, -0.2) is 0 Å². The van der Waals surface area contributed by atoms with Crippen LogP contribution >= 0.6 is 0 Å². The predicted octanol–water partition coefficient (Wildman–Crippen LogP) is 5.00. The van der Waals surface area contributed by atoms with Crippen molar-refractivity contribution in [3.8, 4) is 11.5 Å². The molecule has 1 saturated heterocycles. The molecule has 2 aromatic rings. The first-order chi connectivity index (χ1) is 15.3. The van der Waals surface area contributed by atoms with Crippen molar-refractivity contribution in [1.29, 1.82) is 0 Å². The third-order valence-electron chi connectivity index (χ3n) is 7.82. The molecule has 170 valence electrons. The van der Waals surface area contributed by atoms with Gasteiger partial charge in [-0.3, -0.25) is 9.69 Å². The lowest BCUT2D eigenvalue weighted by Gasteiger charge is -2.59. The summed E-state index contributed by atoms with van der Waals surface area (Å²) in [5.74, 6) is 0.686. The Labute approximate surface area is 190 Å². The summed E-state index contributed by atoms with van der Waals surface area (Å²) in [7, 11) is 0. The molecule has 5 heteroatoms. The quantitative estimate of drug-likeness (QED) is 0.695. The number of carbonyl (C=O) groups is 1. The van der Waals surface area contributed by atoms with Crippen LogP contribution in [0.3, 0.4) is 0 Å². The standard InChI is InChI=1S/C27H34N2O3/c1-4-18-10-27(11-18)15-28(16-27)12-19-5-6-20-13-29(14-21(20)7-19)26(32)23-8-22(17(2)3)24(30)9-25(23)31/h5-9,17-18,30-31H,4,10-16H2,1-3H3. The van der Waals surface area contributed by atoms with E-state index in [-0.39, 0.29) is 28.9 Å². The number of rotatable bonds is 5. The Morgan fingerprint density at radius 2 is 1.78 bits per heavy atom. The van der Waals surface area contributed by atoms with Gasteiger partial charge in [-0.05, 0) is 58.4 Å². The molecule has 2 aliphatic heterocycles. The Morgan fingerprint density at radius 3 is 2.47 bits per heavy atom. The molecule has 0 aromatic heterocycles. The minimum atomic E-state index is -0.192. The zero-order valence-electron chi connectivity index (χ0n) is 19.4. The molecule has 2 N–H and O–H groups in total. The molecular weight excluding hydrogens is 400 g/mol. The molecular formula is C27H34N2O3. The Bertz CT molecular complexity index is 1050. The van der Waals surface area contributed by atoms with Crippen molar-refractivity contribution < 1.29 is 15.0 Å². The number of fused-ring (bicyclic) bond motifs is 1. The van der Waals surface area contributed by atoms with Gasteiger partial charge in [0.05, 0.1) is 5.56 Å². The highest BCUT2D eigenvalue weighted by Crippen LogP contribution is 2.53. The van der Waals surface area contributed by atoms with Gasteiger partial charge < -0.3 is 15.1 Å². The first-order valence-electron chi connectivity index (χ1n) is 11.9. The highest BCUT2D eigenvalue weighted by molar-refractivity contribution is 5.97. The lowest BCUT2D eigenvalue weighted by molar-refractivity contribution is -0.0987. The molecule has 2 fully saturated rings. The third kappa shape index (κ3) is 3.66. The maximum atomic E-state index is 13.2. The van der Waals surface area contributed by atoms with E-state index in [4.69, 9.17) is 0 Å². The summed E-state index contributed by atoms with van der Waals surface area (Å²) in [5, 5.41) is 20.4. The van der Waals surface area contributed by atoms with Crippen molar-refractivity contribution in [3.63, 3.8) is 0 Å². The predicted molar refractivity (Wildman–Crippen MR) is 125 cm³/mol. The molecule has 0 radical (unpaired) electrons. The molecule has 0 bridgehead atoms. The minimum Gasteiger partial charge on any atom is -0.508 e. The van der Waals surface area contributed by atoms with E-state index in [1.807, 2.05) is 13.8 Å². The third-order valence-corrected chi connectivity index (χ3v) is 7.82. The number of likely N-dealkylation sites (tertiary alicyclic amines) is 1. The van der Waals surface area contributed by atoms with Gasteiger partial charge in [0.15, 0.2) is 0 Å². The largest absolute Gasteiger partial charge is 0.508 e. The van der Waals surface area contributed by atoms with Crippen molar-refractivity contribution in [1.82, 2.24) is 9.80 Å². The van der Waals surface area contributed by atoms with Crippen molar-refractivity contribution in [2.75, 3.05) is 13.1 Å². The lowest BCUT2D eigenvalue weighted by Crippen LogP contribution is -2.61. The number of nitrogens with zero attached hydrogens (tertiary/aromatic N) is 2. The summed E-state index contributed by atoms with van der Waals surface area (Å²) >= 11 is 0. The normalized spacial score (nSPS) is 19.8. The van der Waals surface area contributed by atoms with Crippen molar-refractivity contribution in [3.05, 3.63) is 58.1 Å². The summed E-state index contributed by atoms with van der Waals surface area (Å²) in [6.07, 6.45) is 4.14. The molecule has 3 aliphatic rings. The highest BCUT2D eigenvalue weighted by atomic mass is 16.3. The zero-order chi connectivity index (χ0) is 22.6. The Hall–Kier alpha value is -2.53. The first kappa shape index (κ1) is 21.3. The molecule has 2 aromatic carbocycles. The average Bonchev–Trinajstić information content (AvgIpc) is 3.11. The Morgan fingerprint density at radius 1 is 1.06 bits per heavy atom. The molecule has 32 heavy (non-hydrogen) atoms. The van der Waals surface area contributed by atoms with E-state index in [0.29, 0.717) is 24.1 Å². The molecule has 0 unspecified atom stereocenters. The fraction of sp³-hybridized carbons (Fsp3) is 0.519. The van der Waals surface area contributed by atoms with E-state index < -0.39 is 0 Å². The second-order valence-corrected chi connectivity index (χ2v) is 10.7. The van der Waals surface area contributed by atoms with E-state index in [1.54, 1.807) is 11.0 Å². The highest BCUT2D eigenvalue weighted by Gasteiger charge is 2.51. The average molecular weight is 435 g/mol. The molecule has 1 spiro atoms. The molecule has 5 nitrogen and oxygen atoms in total. The molecule has 1 amide bonds. The lowest BCUT2D eigenvalue weighted by atomic mass is 9.57. The molecule has 1 aliphatic carbocycles. The number of aromatic hydroxyl groups is 2. The van der Waals surface area contributed by atoms with Crippen LogP contribution in [0.2, 0.25) is 0 Å². The summed E-state index contributed by atoms with van der Waals surface area (Å²) < 4.78 is 0. The minimum absolute atomic E-state index is 0.0308. The number of phenolic OH excluding ortho intramolecular Hbond substituents is 2. The van der Waals surface area contributed by atoms with E-state index in [2.05, 4.69) is 30.0 Å². The van der Waals surface area contributed by atoms with E-state index in [1.165, 1.54) is 55.1 Å². The first-order valence-corrected chi connectivity index (χ1v) is 11.9. The Balaban J connectivity index is 1.24. The summed E-state index contributed by atoms with van der Waals surface area (Å²) in [6, 6.07) is 9.52. The summed E-state index contributed by atoms with van der Waals surface area (Å²) in [4.78, 5) is 17.5. The van der Waals surface area contributed by atoms with E-state index >= 15 is 0 Å². The smallest absolute Gasteiger partial charge is 0.258 e. The number of hydrogen-bond donors (Lipinski definition) is 2. The van der Waals surface area contributed by atoms with Gasteiger partial charge in [-0.1, -0.05) is 45.4 Å². The Kier molecular flexibility index (Phi) is 5.20. The van der Waals surface area contributed by atoms with Crippen LogP contribution in [0.4, 0.5) is 0 Å². The van der Waals surface area contributed by atoms with E-state index in [9.17, 15) is 15.0 Å². The number of amides is 1. The topological polar surface area (TPSA) is 64.0 Å². The van der Waals surface area contributed by atoms with Gasteiger partial charge in [0, 0.05) is 38.8 Å². The van der Waals surface area contributed by atoms with Crippen LogP contribution < -0.4 is 0 Å². The van der Waals surface area contributed by atoms with Gasteiger partial charge in [-0.2, -0.15) is 0 Å². The molecule has 2 heterocycles. The molecule has 0 atom stereocenters. The number of hydrogen-bond acceptors (Lipinski definition) is 4. The van der Waals surface area contributed by atoms with Gasteiger partial charge in [-0.15, -0.1) is 0 Å².